The minimum atomic E-state index is -0.330. The molecule has 2 aromatic rings. The number of nitrogens with zero attached hydrogens (tertiary/aromatic N) is 1. The van der Waals surface area contributed by atoms with Crippen molar-refractivity contribution in [2.45, 2.75) is 19.9 Å². The van der Waals surface area contributed by atoms with Gasteiger partial charge in [-0.25, -0.2) is 4.79 Å². The first-order valence-electron chi connectivity index (χ1n) is 7.58. The monoisotopic (exact) mass is 442 g/mol. The zero-order valence-corrected chi connectivity index (χ0v) is 15.5. The maximum Gasteiger partial charge on any atom is 0.322 e. The molecule has 0 saturated heterocycles. The number of carbonyl (C=O) groups is 2. The second-order valence-electron chi connectivity index (χ2n) is 5.00. The molecule has 0 atom stereocenters. The van der Waals surface area contributed by atoms with Crippen LogP contribution in [-0.4, -0.2) is 30.1 Å². The number of ether oxygens (including phenoxy) is 1. The molecule has 1 aromatic heterocycles. The molecule has 0 unspecified atom stereocenters. The van der Waals surface area contributed by atoms with E-state index in [-0.39, 0.29) is 31.5 Å². The molecule has 24 heavy (non-hydrogen) atoms. The van der Waals surface area contributed by atoms with Crippen LogP contribution in [0.1, 0.15) is 19.1 Å². The maximum atomic E-state index is 12.5. The highest BCUT2D eigenvalue weighted by Gasteiger charge is 2.17. The van der Waals surface area contributed by atoms with Gasteiger partial charge in [-0.3, -0.25) is 4.79 Å². The lowest BCUT2D eigenvalue weighted by Crippen LogP contribution is -2.36. The second-order valence-corrected chi connectivity index (χ2v) is 6.24. The van der Waals surface area contributed by atoms with Gasteiger partial charge in [0.2, 0.25) is 0 Å². The number of nitrogens with one attached hydrogen (secondary N) is 1. The number of carbonyl (C=O) groups excluding carboxylic acids is 2. The van der Waals surface area contributed by atoms with Gasteiger partial charge in [-0.15, -0.1) is 0 Å². The fourth-order valence-corrected chi connectivity index (χ4v) is 2.61. The molecule has 7 heteroatoms. The van der Waals surface area contributed by atoms with Crippen molar-refractivity contribution in [3.63, 3.8) is 0 Å². The Kier molecular flexibility index (Phi) is 7.10. The molecule has 0 spiro atoms. The second kappa shape index (κ2) is 9.31. The van der Waals surface area contributed by atoms with E-state index in [2.05, 4.69) is 27.9 Å². The highest BCUT2D eigenvalue weighted by atomic mass is 127. The van der Waals surface area contributed by atoms with Crippen LogP contribution < -0.4 is 5.32 Å². The smallest absolute Gasteiger partial charge is 0.322 e. The van der Waals surface area contributed by atoms with E-state index in [0.717, 1.165) is 3.57 Å². The van der Waals surface area contributed by atoms with Gasteiger partial charge in [0, 0.05) is 15.8 Å². The van der Waals surface area contributed by atoms with Crippen LogP contribution in [-0.2, 0) is 16.1 Å². The Morgan fingerprint density at radius 3 is 2.79 bits per heavy atom. The Bertz CT molecular complexity index is 673. The molecule has 2 amide bonds. The average Bonchev–Trinajstić information content (AvgIpc) is 3.04. The molecule has 6 nitrogen and oxygen atoms in total. The molecular weight excluding hydrogens is 423 g/mol. The summed E-state index contributed by atoms with van der Waals surface area (Å²) in [6, 6.07) is 10.8. The summed E-state index contributed by atoms with van der Waals surface area (Å²) in [5.74, 6) is 0.320. The fraction of sp³-hybridized carbons (Fsp3) is 0.294. The molecular formula is C17H19IN2O4. The van der Waals surface area contributed by atoms with E-state index in [9.17, 15) is 9.59 Å². The molecule has 0 radical (unpaired) electrons. The number of hydrogen-bond donors (Lipinski definition) is 1. The van der Waals surface area contributed by atoms with Crippen LogP contribution in [0.2, 0.25) is 0 Å². The van der Waals surface area contributed by atoms with E-state index in [1.165, 1.54) is 4.90 Å². The van der Waals surface area contributed by atoms with Gasteiger partial charge in [-0.1, -0.05) is 6.07 Å². The van der Waals surface area contributed by atoms with Gasteiger partial charge >= 0.3 is 12.0 Å². The number of furan rings is 1. The number of esters is 1. The van der Waals surface area contributed by atoms with Crippen molar-refractivity contribution in [2.75, 3.05) is 18.5 Å². The van der Waals surface area contributed by atoms with Crippen molar-refractivity contribution in [1.82, 2.24) is 4.90 Å². The summed E-state index contributed by atoms with van der Waals surface area (Å²) < 4.78 is 11.2. The van der Waals surface area contributed by atoms with Gasteiger partial charge in [0.1, 0.15) is 5.76 Å². The Morgan fingerprint density at radius 2 is 2.12 bits per heavy atom. The van der Waals surface area contributed by atoms with Crippen molar-refractivity contribution in [1.29, 1.82) is 0 Å². The molecule has 0 saturated carbocycles. The van der Waals surface area contributed by atoms with Crippen LogP contribution in [0.4, 0.5) is 10.5 Å². The van der Waals surface area contributed by atoms with Crippen LogP contribution in [0, 0.1) is 3.57 Å². The van der Waals surface area contributed by atoms with Gasteiger partial charge in [-0.2, -0.15) is 0 Å². The number of halogens is 1. The third-order valence-corrected chi connectivity index (χ3v) is 3.85. The van der Waals surface area contributed by atoms with Crippen LogP contribution in [0.3, 0.4) is 0 Å². The number of urea groups is 1. The van der Waals surface area contributed by atoms with Gasteiger partial charge in [0.15, 0.2) is 0 Å². The van der Waals surface area contributed by atoms with E-state index in [4.69, 9.17) is 9.15 Å². The zero-order chi connectivity index (χ0) is 17.4. The molecule has 1 N–H and O–H groups in total. The van der Waals surface area contributed by atoms with E-state index >= 15 is 0 Å². The summed E-state index contributed by atoms with van der Waals surface area (Å²) in [6.45, 7) is 2.60. The lowest BCUT2D eigenvalue weighted by molar-refractivity contribution is -0.143. The molecule has 1 heterocycles. The van der Waals surface area contributed by atoms with Crippen molar-refractivity contribution < 1.29 is 18.7 Å². The fourth-order valence-electron chi connectivity index (χ4n) is 2.07. The highest BCUT2D eigenvalue weighted by molar-refractivity contribution is 14.1. The van der Waals surface area contributed by atoms with E-state index in [1.54, 1.807) is 25.3 Å². The average molecular weight is 442 g/mol. The first-order valence-corrected chi connectivity index (χ1v) is 8.66. The molecule has 0 aliphatic heterocycles. The number of benzene rings is 1. The van der Waals surface area contributed by atoms with Gasteiger partial charge in [-0.05, 0) is 59.8 Å². The third-order valence-electron chi connectivity index (χ3n) is 3.18. The van der Waals surface area contributed by atoms with Crippen molar-refractivity contribution >= 4 is 40.3 Å². The third kappa shape index (κ3) is 5.88. The first-order chi connectivity index (χ1) is 11.6. The number of anilines is 1. The predicted octanol–water partition coefficient (Wildman–Crippen LogP) is 3.87. The standard InChI is InChI=1S/C17H19IN2O4/c1-2-23-16(21)8-9-20(12-15-7-4-10-24-15)17(22)19-14-6-3-5-13(18)11-14/h3-7,10-11H,2,8-9,12H2,1H3,(H,19,22). The summed E-state index contributed by atoms with van der Waals surface area (Å²) in [7, 11) is 0. The van der Waals surface area contributed by atoms with Crippen LogP contribution >= 0.6 is 22.6 Å². The van der Waals surface area contributed by atoms with Crippen molar-refractivity contribution in [2.24, 2.45) is 0 Å². The van der Waals surface area contributed by atoms with Crippen LogP contribution in [0.15, 0.2) is 47.1 Å². The minimum absolute atomic E-state index is 0.133. The topological polar surface area (TPSA) is 71.8 Å². The number of hydrogen-bond acceptors (Lipinski definition) is 4. The van der Waals surface area contributed by atoms with E-state index in [1.807, 2.05) is 24.3 Å². The number of rotatable bonds is 7. The zero-order valence-electron chi connectivity index (χ0n) is 13.3. The molecule has 0 bridgehead atoms. The molecule has 0 aliphatic carbocycles. The van der Waals surface area contributed by atoms with Crippen molar-refractivity contribution in [3.8, 4) is 0 Å². The van der Waals surface area contributed by atoms with E-state index in [0.29, 0.717) is 18.1 Å². The normalized spacial score (nSPS) is 10.2. The molecule has 128 valence electrons. The lowest BCUT2D eigenvalue weighted by Gasteiger charge is -2.22. The maximum absolute atomic E-state index is 12.5. The SMILES string of the molecule is CCOC(=O)CCN(Cc1ccco1)C(=O)Nc1cccc(I)c1. The predicted molar refractivity (Wildman–Crippen MR) is 98.5 cm³/mol. The largest absolute Gasteiger partial charge is 0.467 e. The van der Waals surface area contributed by atoms with Crippen LogP contribution in [0.25, 0.3) is 0 Å². The van der Waals surface area contributed by atoms with Crippen molar-refractivity contribution in [3.05, 3.63) is 52.0 Å². The molecule has 0 fully saturated rings. The molecule has 1 aromatic carbocycles. The summed E-state index contributed by atoms with van der Waals surface area (Å²) in [5.41, 5.74) is 0.701. The Labute approximate surface area is 154 Å². The summed E-state index contributed by atoms with van der Waals surface area (Å²) in [5, 5.41) is 2.84. The molecule has 2 rings (SSSR count). The summed E-state index contributed by atoms with van der Waals surface area (Å²) in [6.07, 6.45) is 1.69. The highest BCUT2D eigenvalue weighted by Crippen LogP contribution is 2.14. The lowest BCUT2D eigenvalue weighted by atomic mass is 10.3. The van der Waals surface area contributed by atoms with Gasteiger partial charge < -0.3 is 19.4 Å². The van der Waals surface area contributed by atoms with Gasteiger partial charge in [0.25, 0.3) is 0 Å². The Morgan fingerprint density at radius 1 is 1.29 bits per heavy atom. The molecule has 0 aliphatic rings. The Hall–Kier alpha value is -2.03. The summed E-state index contributed by atoms with van der Waals surface area (Å²) >= 11 is 2.18. The minimum Gasteiger partial charge on any atom is -0.467 e. The summed E-state index contributed by atoms with van der Waals surface area (Å²) in [4.78, 5) is 25.6. The first kappa shape index (κ1) is 18.3. The number of amides is 2. The quantitative estimate of drug-likeness (QED) is 0.522. The Balaban J connectivity index is 2.02. The van der Waals surface area contributed by atoms with E-state index < -0.39 is 0 Å². The van der Waals surface area contributed by atoms with Gasteiger partial charge in [0.05, 0.1) is 25.8 Å². The van der Waals surface area contributed by atoms with Crippen LogP contribution in [0.5, 0.6) is 0 Å².